The summed E-state index contributed by atoms with van der Waals surface area (Å²) in [4.78, 5) is 29.1. The Balaban J connectivity index is 1.83. The molecule has 32 heavy (non-hydrogen) atoms. The van der Waals surface area contributed by atoms with E-state index < -0.39 is 12.4 Å². The lowest BCUT2D eigenvalue weighted by molar-refractivity contribution is -0.134. The molecule has 0 N–H and O–H groups in total. The molecule has 2 aromatic rings. The molecule has 1 aliphatic carbocycles. The van der Waals surface area contributed by atoms with Gasteiger partial charge in [0.15, 0.2) is 6.23 Å². The van der Waals surface area contributed by atoms with Crippen LogP contribution in [0.5, 0.6) is 0 Å². The largest absolute Gasteiger partial charge is 0.509 e. The highest BCUT2D eigenvalue weighted by Crippen LogP contribution is 2.45. The van der Waals surface area contributed by atoms with Gasteiger partial charge in [-0.15, -0.1) is 0 Å². The summed E-state index contributed by atoms with van der Waals surface area (Å²) in [5.41, 5.74) is 4.52. The first-order valence-corrected chi connectivity index (χ1v) is 11.9. The monoisotopic (exact) mass is 503 g/mol. The maximum atomic E-state index is 13.1. The van der Waals surface area contributed by atoms with E-state index in [1.165, 1.54) is 18.2 Å². The number of methoxy groups -OCH3 is 1. The SMILES string of the molecule is CCN(CC)C(=O)[C@@H]1C=C2c3cccc4c3c(c(Br)n4C(C)OC(=O)OC)C[C@H]2N(C)C1. The van der Waals surface area contributed by atoms with Crippen molar-refractivity contribution in [1.29, 1.82) is 0 Å². The summed E-state index contributed by atoms with van der Waals surface area (Å²) in [6, 6.07) is 6.38. The average Bonchev–Trinajstić information content (AvgIpc) is 3.07. The molecule has 8 heteroatoms. The molecular formula is C24H30BrN3O4. The first-order chi connectivity index (χ1) is 15.3. The summed E-state index contributed by atoms with van der Waals surface area (Å²) >= 11 is 3.78. The molecule has 172 valence electrons. The maximum Gasteiger partial charge on any atom is 0.509 e. The van der Waals surface area contributed by atoms with Gasteiger partial charge in [0.1, 0.15) is 0 Å². The van der Waals surface area contributed by atoms with E-state index in [0.717, 1.165) is 40.6 Å². The standard InChI is InChI=1S/C24H30BrN3O4/c1-6-27(7-2)23(29)15-11-17-16-9-8-10-19-21(16)18(12-20(17)26(4)13-15)22(25)28(19)14(3)32-24(30)31-5/h8-11,14-15,20H,6-7,12-13H2,1-5H3/t14?,15-,20-/m1/s1. The van der Waals surface area contributed by atoms with Crippen LogP contribution in [0.1, 0.15) is 38.1 Å². The van der Waals surface area contributed by atoms with Crippen LogP contribution < -0.4 is 0 Å². The molecule has 0 bridgehead atoms. The van der Waals surface area contributed by atoms with Crippen LogP contribution in [0.2, 0.25) is 0 Å². The van der Waals surface area contributed by atoms with Crippen molar-refractivity contribution in [3.8, 4) is 0 Å². The van der Waals surface area contributed by atoms with Crippen molar-refractivity contribution in [1.82, 2.24) is 14.4 Å². The van der Waals surface area contributed by atoms with Gasteiger partial charge < -0.3 is 14.4 Å². The van der Waals surface area contributed by atoms with Gasteiger partial charge in [-0.05, 0) is 72.9 Å². The molecule has 1 amide bonds. The van der Waals surface area contributed by atoms with Crippen LogP contribution in [0.3, 0.4) is 0 Å². The Morgan fingerprint density at radius 2 is 2.00 bits per heavy atom. The molecule has 1 unspecified atom stereocenters. The van der Waals surface area contributed by atoms with Gasteiger partial charge in [-0.25, -0.2) is 4.79 Å². The van der Waals surface area contributed by atoms with Gasteiger partial charge in [0.05, 0.1) is 23.1 Å². The second-order valence-corrected chi connectivity index (χ2v) is 9.16. The van der Waals surface area contributed by atoms with E-state index in [0.29, 0.717) is 6.54 Å². The number of halogens is 1. The van der Waals surface area contributed by atoms with Crippen LogP contribution in [0, 0.1) is 5.92 Å². The number of carbonyl (C=O) groups is 2. The molecule has 0 fully saturated rings. The zero-order valence-electron chi connectivity index (χ0n) is 19.2. The first-order valence-electron chi connectivity index (χ1n) is 11.1. The van der Waals surface area contributed by atoms with E-state index in [-0.39, 0.29) is 17.9 Å². The molecule has 7 nitrogen and oxygen atoms in total. The number of amides is 1. The third-order valence-corrected chi connectivity index (χ3v) is 7.58. The van der Waals surface area contributed by atoms with Crippen LogP contribution in [-0.2, 0) is 20.7 Å². The number of nitrogens with zero attached hydrogens (tertiary/aromatic N) is 3. The smallest absolute Gasteiger partial charge is 0.438 e. The van der Waals surface area contributed by atoms with Crippen molar-refractivity contribution in [2.24, 2.45) is 5.92 Å². The number of fused-ring (bicyclic) bond motifs is 2. The highest BCUT2D eigenvalue weighted by Gasteiger charge is 2.38. The molecule has 2 aliphatic rings. The van der Waals surface area contributed by atoms with Crippen LogP contribution in [-0.4, -0.2) is 66.3 Å². The second-order valence-electron chi connectivity index (χ2n) is 8.41. The Morgan fingerprint density at radius 1 is 1.28 bits per heavy atom. The van der Waals surface area contributed by atoms with Crippen LogP contribution in [0.15, 0.2) is 28.9 Å². The van der Waals surface area contributed by atoms with E-state index in [1.807, 2.05) is 42.4 Å². The topological polar surface area (TPSA) is 64.0 Å². The third-order valence-electron chi connectivity index (χ3n) is 6.72. The van der Waals surface area contributed by atoms with Crippen LogP contribution >= 0.6 is 15.9 Å². The van der Waals surface area contributed by atoms with Gasteiger partial charge in [0.2, 0.25) is 5.91 Å². The quantitative estimate of drug-likeness (QED) is 0.564. The zero-order valence-corrected chi connectivity index (χ0v) is 20.8. The minimum atomic E-state index is -0.715. The summed E-state index contributed by atoms with van der Waals surface area (Å²) in [5, 5.41) is 1.14. The molecule has 0 saturated carbocycles. The number of aromatic nitrogens is 1. The predicted molar refractivity (Wildman–Crippen MR) is 127 cm³/mol. The van der Waals surface area contributed by atoms with Crippen molar-refractivity contribution in [3.05, 3.63) is 40.0 Å². The maximum absolute atomic E-state index is 13.1. The molecule has 1 aromatic heterocycles. The van der Waals surface area contributed by atoms with E-state index in [1.54, 1.807) is 0 Å². The minimum Gasteiger partial charge on any atom is -0.438 e. The Labute approximate surface area is 197 Å². The van der Waals surface area contributed by atoms with Gasteiger partial charge in [-0.1, -0.05) is 18.2 Å². The molecule has 2 heterocycles. The predicted octanol–water partition coefficient (Wildman–Crippen LogP) is 4.44. The number of likely N-dealkylation sites (N-methyl/N-ethyl adjacent to an activating group) is 1. The molecule has 4 rings (SSSR count). The van der Waals surface area contributed by atoms with Gasteiger partial charge in [-0.2, -0.15) is 0 Å². The van der Waals surface area contributed by atoms with Crippen molar-refractivity contribution in [2.75, 3.05) is 33.8 Å². The number of rotatable bonds is 5. The number of carbonyl (C=O) groups excluding carboxylic acids is 2. The number of benzene rings is 1. The Kier molecular flexibility index (Phi) is 6.36. The van der Waals surface area contributed by atoms with Crippen LogP contribution in [0.25, 0.3) is 16.5 Å². The third kappa shape index (κ3) is 3.63. The van der Waals surface area contributed by atoms with Crippen molar-refractivity contribution in [3.63, 3.8) is 0 Å². The first kappa shape index (κ1) is 22.9. The van der Waals surface area contributed by atoms with Gasteiger partial charge in [0.25, 0.3) is 0 Å². The highest BCUT2D eigenvalue weighted by molar-refractivity contribution is 9.10. The minimum absolute atomic E-state index is 0.157. The van der Waals surface area contributed by atoms with Crippen molar-refractivity contribution >= 4 is 44.5 Å². The molecule has 1 aromatic carbocycles. The number of ether oxygens (including phenoxy) is 2. The molecule has 0 saturated heterocycles. The van der Waals surface area contributed by atoms with Crippen molar-refractivity contribution in [2.45, 2.75) is 39.5 Å². The Morgan fingerprint density at radius 3 is 2.66 bits per heavy atom. The summed E-state index contributed by atoms with van der Waals surface area (Å²) in [6.45, 7) is 8.01. The van der Waals surface area contributed by atoms with E-state index in [4.69, 9.17) is 4.74 Å². The molecular weight excluding hydrogens is 474 g/mol. The summed E-state index contributed by atoms with van der Waals surface area (Å²) in [6.07, 6.45) is 1.75. The summed E-state index contributed by atoms with van der Waals surface area (Å²) < 4.78 is 13.0. The second kappa shape index (κ2) is 8.90. The highest BCUT2D eigenvalue weighted by atomic mass is 79.9. The molecule has 0 radical (unpaired) electrons. The fourth-order valence-electron chi connectivity index (χ4n) is 5.14. The van der Waals surface area contributed by atoms with E-state index in [2.05, 4.69) is 44.8 Å². The molecule has 1 aliphatic heterocycles. The lowest BCUT2D eigenvalue weighted by Crippen LogP contribution is -2.47. The summed E-state index contributed by atoms with van der Waals surface area (Å²) in [7, 11) is 3.40. The van der Waals surface area contributed by atoms with E-state index >= 15 is 0 Å². The molecule has 0 spiro atoms. The van der Waals surface area contributed by atoms with Gasteiger partial charge in [0, 0.05) is 31.1 Å². The van der Waals surface area contributed by atoms with Crippen LogP contribution in [0.4, 0.5) is 4.79 Å². The molecule has 3 atom stereocenters. The van der Waals surface area contributed by atoms with Gasteiger partial charge >= 0.3 is 6.16 Å². The lowest BCUT2D eigenvalue weighted by Gasteiger charge is -2.40. The Bertz CT molecular complexity index is 1090. The fourth-order valence-corrected chi connectivity index (χ4v) is 5.98. The number of hydrogen-bond donors (Lipinski definition) is 0. The van der Waals surface area contributed by atoms with E-state index in [9.17, 15) is 9.59 Å². The Hall–Kier alpha value is -2.32. The lowest BCUT2D eigenvalue weighted by atomic mass is 9.79. The average molecular weight is 504 g/mol. The van der Waals surface area contributed by atoms with Crippen molar-refractivity contribution < 1.29 is 19.1 Å². The zero-order chi connectivity index (χ0) is 23.2. The normalized spacial score (nSPS) is 21.0. The van der Waals surface area contributed by atoms with Gasteiger partial charge in [-0.3, -0.25) is 14.3 Å². The summed E-state index contributed by atoms with van der Waals surface area (Å²) in [5.74, 6) is 0.0275. The number of hydrogen-bond acceptors (Lipinski definition) is 5. The fraction of sp³-hybridized carbons (Fsp3) is 0.500.